The lowest BCUT2D eigenvalue weighted by Gasteiger charge is -2.25. The van der Waals surface area contributed by atoms with E-state index in [4.69, 9.17) is 0 Å². The maximum atomic E-state index is 12.9. The highest BCUT2D eigenvalue weighted by Gasteiger charge is 2.34. The Hall–Kier alpha value is -3.34. The number of nitrogens with zero attached hydrogens (tertiary/aromatic N) is 3. The van der Waals surface area contributed by atoms with Gasteiger partial charge in [0.15, 0.2) is 0 Å². The third kappa shape index (κ3) is 4.77. The van der Waals surface area contributed by atoms with E-state index in [9.17, 15) is 22.8 Å². The Kier molecular flexibility index (Phi) is 5.92. The van der Waals surface area contributed by atoms with Crippen molar-refractivity contribution in [3.63, 3.8) is 0 Å². The van der Waals surface area contributed by atoms with Crippen LogP contribution in [0.3, 0.4) is 0 Å². The summed E-state index contributed by atoms with van der Waals surface area (Å²) < 4.78 is 40.3. The Morgan fingerprint density at radius 1 is 1.25 bits per heavy atom. The van der Waals surface area contributed by atoms with E-state index in [0.717, 1.165) is 35.1 Å². The van der Waals surface area contributed by atoms with Gasteiger partial charge >= 0.3 is 6.18 Å². The van der Waals surface area contributed by atoms with Crippen LogP contribution < -0.4 is 10.6 Å². The fraction of sp³-hybridized carbons (Fsp3) is 0.238. The number of benzene rings is 2. The Labute approximate surface area is 185 Å². The molecular weight excluding hydrogens is 443 g/mol. The summed E-state index contributed by atoms with van der Waals surface area (Å²) in [4.78, 5) is 29.3. The predicted molar refractivity (Wildman–Crippen MR) is 112 cm³/mol. The van der Waals surface area contributed by atoms with E-state index in [1.807, 2.05) is 31.2 Å². The molecule has 11 heteroatoms. The lowest BCUT2D eigenvalue weighted by Crippen LogP contribution is -2.35. The molecule has 2 N–H and O–H groups in total. The number of halogens is 3. The van der Waals surface area contributed by atoms with Crippen molar-refractivity contribution in [1.29, 1.82) is 0 Å². The first kappa shape index (κ1) is 21.9. The van der Waals surface area contributed by atoms with E-state index < -0.39 is 22.9 Å². The van der Waals surface area contributed by atoms with Crippen LogP contribution in [-0.2, 0) is 15.8 Å². The van der Waals surface area contributed by atoms with Crippen molar-refractivity contribution in [3.8, 4) is 5.69 Å². The predicted octanol–water partition coefficient (Wildman–Crippen LogP) is 3.97. The summed E-state index contributed by atoms with van der Waals surface area (Å²) in [5.74, 6) is -0.831. The minimum atomic E-state index is -4.50. The summed E-state index contributed by atoms with van der Waals surface area (Å²) in [6.45, 7) is 1.82. The number of hydrogen-bond donors (Lipinski definition) is 2. The third-order valence-corrected chi connectivity index (χ3v) is 6.23. The van der Waals surface area contributed by atoms with Gasteiger partial charge in [-0.2, -0.15) is 18.3 Å². The molecule has 0 bridgehead atoms. The van der Waals surface area contributed by atoms with Crippen LogP contribution >= 0.6 is 11.8 Å². The second-order valence-electron chi connectivity index (χ2n) is 7.23. The summed E-state index contributed by atoms with van der Waals surface area (Å²) in [5.41, 5.74) is 0.963. The molecule has 32 heavy (non-hydrogen) atoms. The zero-order valence-electron chi connectivity index (χ0n) is 16.8. The molecule has 2 amide bonds. The molecule has 0 fully saturated rings. The van der Waals surface area contributed by atoms with E-state index in [-0.39, 0.29) is 24.1 Å². The first-order valence-electron chi connectivity index (χ1n) is 9.64. The average Bonchev–Trinajstić information content (AvgIpc) is 3.28. The molecule has 7 nitrogen and oxygen atoms in total. The molecule has 0 aliphatic carbocycles. The van der Waals surface area contributed by atoms with E-state index in [1.165, 1.54) is 12.4 Å². The lowest BCUT2D eigenvalue weighted by molar-refractivity contribution is -0.137. The lowest BCUT2D eigenvalue weighted by atomic mass is 10.1. The summed E-state index contributed by atoms with van der Waals surface area (Å²) in [7, 11) is 0. The van der Waals surface area contributed by atoms with Gasteiger partial charge in [-0.05, 0) is 42.8 Å². The largest absolute Gasteiger partial charge is 0.416 e. The fourth-order valence-electron chi connectivity index (χ4n) is 3.27. The molecule has 1 aliphatic heterocycles. The van der Waals surface area contributed by atoms with Crippen LogP contribution in [-0.4, -0.2) is 31.8 Å². The summed E-state index contributed by atoms with van der Waals surface area (Å²) >= 11 is 1.08. The molecular formula is C21H18F3N5O2S. The minimum absolute atomic E-state index is 0.0989. The van der Waals surface area contributed by atoms with Gasteiger partial charge in [0, 0.05) is 11.3 Å². The zero-order valence-corrected chi connectivity index (χ0v) is 17.6. The molecule has 2 aromatic carbocycles. The molecule has 0 radical (unpaired) electrons. The van der Waals surface area contributed by atoms with Gasteiger partial charge in [0.25, 0.3) is 0 Å². The third-order valence-electron chi connectivity index (χ3n) is 4.95. The standard InChI is InChI=1S/C21H18F3N5O2S/c1-12(13-2-5-15(6-3-13)29-11-25-10-26-29)27-19(30)9-18-20(31)28-16-8-14(21(22,23)24)4-7-17(16)32-18/h2-8,10-12,18H,9H2,1H3,(H,27,30)(H,28,31)/t12-,18+/m0/s1. The number of carbonyl (C=O) groups is 2. The van der Waals surface area contributed by atoms with Crippen LogP contribution in [0.25, 0.3) is 5.69 Å². The number of anilines is 1. The Morgan fingerprint density at radius 2 is 2.00 bits per heavy atom. The molecule has 1 aromatic heterocycles. The number of alkyl halides is 3. The van der Waals surface area contributed by atoms with Gasteiger partial charge in [0.05, 0.1) is 28.2 Å². The molecule has 2 heterocycles. The Balaban J connectivity index is 1.37. The highest BCUT2D eigenvalue weighted by atomic mass is 32.2. The number of fused-ring (bicyclic) bond motifs is 1. The molecule has 4 rings (SSSR count). The van der Waals surface area contributed by atoms with Gasteiger partial charge in [-0.25, -0.2) is 9.67 Å². The summed E-state index contributed by atoms with van der Waals surface area (Å²) in [5, 5.41) is 8.65. The molecule has 0 saturated carbocycles. The topological polar surface area (TPSA) is 88.9 Å². The smallest absolute Gasteiger partial charge is 0.350 e. The van der Waals surface area contributed by atoms with E-state index in [2.05, 4.69) is 20.7 Å². The van der Waals surface area contributed by atoms with E-state index in [0.29, 0.717) is 4.90 Å². The number of nitrogens with one attached hydrogen (secondary N) is 2. The fourth-order valence-corrected chi connectivity index (χ4v) is 4.36. The van der Waals surface area contributed by atoms with Crippen LogP contribution in [0.2, 0.25) is 0 Å². The minimum Gasteiger partial charge on any atom is -0.350 e. The van der Waals surface area contributed by atoms with Crippen molar-refractivity contribution < 1.29 is 22.8 Å². The molecule has 0 saturated heterocycles. The van der Waals surface area contributed by atoms with Crippen LogP contribution in [0.15, 0.2) is 60.0 Å². The Bertz CT molecular complexity index is 1130. The van der Waals surface area contributed by atoms with E-state index >= 15 is 0 Å². The van der Waals surface area contributed by atoms with Gasteiger partial charge in [0.1, 0.15) is 12.7 Å². The highest BCUT2D eigenvalue weighted by Crippen LogP contribution is 2.40. The van der Waals surface area contributed by atoms with Gasteiger partial charge in [0.2, 0.25) is 11.8 Å². The van der Waals surface area contributed by atoms with Crippen LogP contribution in [0, 0.1) is 0 Å². The maximum absolute atomic E-state index is 12.9. The second-order valence-corrected chi connectivity index (χ2v) is 8.47. The average molecular weight is 461 g/mol. The van der Waals surface area contributed by atoms with Crippen LogP contribution in [0.5, 0.6) is 0 Å². The monoisotopic (exact) mass is 461 g/mol. The maximum Gasteiger partial charge on any atom is 0.416 e. The second kappa shape index (κ2) is 8.65. The quantitative estimate of drug-likeness (QED) is 0.600. The van der Waals surface area contributed by atoms with Crippen molar-refractivity contribution in [1.82, 2.24) is 20.1 Å². The zero-order chi connectivity index (χ0) is 22.9. The molecule has 1 aliphatic rings. The molecule has 3 aromatic rings. The highest BCUT2D eigenvalue weighted by molar-refractivity contribution is 8.01. The van der Waals surface area contributed by atoms with E-state index in [1.54, 1.807) is 11.0 Å². The number of hydrogen-bond acceptors (Lipinski definition) is 5. The van der Waals surface area contributed by atoms with Crippen molar-refractivity contribution in [2.24, 2.45) is 0 Å². The van der Waals surface area contributed by atoms with Crippen molar-refractivity contribution in [2.75, 3.05) is 5.32 Å². The first-order chi connectivity index (χ1) is 15.2. The number of thioether (sulfide) groups is 1. The van der Waals surface area contributed by atoms with Crippen molar-refractivity contribution in [3.05, 3.63) is 66.2 Å². The molecule has 0 unspecified atom stereocenters. The van der Waals surface area contributed by atoms with Crippen LogP contribution in [0.4, 0.5) is 18.9 Å². The molecule has 0 spiro atoms. The first-order valence-corrected chi connectivity index (χ1v) is 10.5. The van der Waals surface area contributed by atoms with Gasteiger partial charge in [-0.1, -0.05) is 12.1 Å². The SMILES string of the molecule is C[C@H](NC(=O)C[C@H]1Sc2ccc(C(F)(F)F)cc2NC1=O)c1ccc(-n2cncn2)cc1. The van der Waals surface area contributed by atoms with Gasteiger partial charge < -0.3 is 10.6 Å². The summed E-state index contributed by atoms with van der Waals surface area (Å²) in [6.07, 6.45) is -1.58. The summed E-state index contributed by atoms with van der Waals surface area (Å²) in [6, 6.07) is 10.3. The normalized spacial score (nSPS) is 16.8. The number of amides is 2. The molecule has 166 valence electrons. The van der Waals surface area contributed by atoms with Crippen molar-refractivity contribution >= 4 is 29.3 Å². The molecule has 2 atom stereocenters. The van der Waals surface area contributed by atoms with Gasteiger partial charge in [-0.3, -0.25) is 9.59 Å². The van der Waals surface area contributed by atoms with Gasteiger partial charge in [-0.15, -0.1) is 11.8 Å². The van der Waals surface area contributed by atoms with Crippen molar-refractivity contribution in [2.45, 2.75) is 35.7 Å². The number of rotatable bonds is 5. The van der Waals surface area contributed by atoms with Crippen LogP contribution in [0.1, 0.15) is 30.5 Å². The Morgan fingerprint density at radius 3 is 2.66 bits per heavy atom. The number of carbonyl (C=O) groups excluding carboxylic acids is 2. The number of aromatic nitrogens is 3.